The predicted octanol–water partition coefficient (Wildman–Crippen LogP) is 0.814. The lowest BCUT2D eigenvalue weighted by molar-refractivity contribution is -0.131. The standard InChI is InChI=1S/C13H21N3O/c1-8-5-9(2)11(10(3)6-8)7-12(14)13(17)16(4)15/h5-6,12H,7,14-15H2,1-4H3. The van der Waals surface area contributed by atoms with Gasteiger partial charge in [0.2, 0.25) is 0 Å². The van der Waals surface area contributed by atoms with Crippen molar-refractivity contribution in [1.29, 1.82) is 0 Å². The molecule has 0 aliphatic rings. The number of hydrogen-bond acceptors (Lipinski definition) is 3. The van der Waals surface area contributed by atoms with Gasteiger partial charge < -0.3 is 5.73 Å². The van der Waals surface area contributed by atoms with Crippen LogP contribution in [0.4, 0.5) is 0 Å². The fraction of sp³-hybridized carbons (Fsp3) is 0.462. The zero-order valence-electron chi connectivity index (χ0n) is 10.9. The summed E-state index contributed by atoms with van der Waals surface area (Å²) in [5.74, 6) is 5.15. The van der Waals surface area contributed by atoms with E-state index in [1.54, 1.807) is 0 Å². The SMILES string of the molecule is Cc1cc(C)c(CC(N)C(=O)N(C)N)c(C)c1. The number of amides is 1. The molecule has 4 nitrogen and oxygen atoms in total. The number of nitrogens with zero attached hydrogens (tertiary/aromatic N) is 1. The van der Waals surface area contributed by atoms with Gasteiger partial charge in [0.05, 0.1) is 6.04 Å². The van der Waals surface area contributed by atoms with Gasteiger partial charge in [-0.2, -0.15) is 0 Å². The van der Waals surface area contributed by atoms with Crippen LogP contribution in [0.3, 0.4) is 0 Å². The van der Waals surface area contributed by atoms with E-state index < -0.39 is 6.04 Å². The molecule has 0 bridgehead atoms. The molecule has 1 rings (SSSR count). The Morgan fingerprint density at radius 1 is 1.29 bits per heavy atom. The molecule has 0 spiro atoms. The Hall–Kier alpha value is -1.39. The highest BCUT2D eigenvalue weighted by atomic mass is 16.2. The van der Waals surface area contributed by atoms with Crippen molar-refractivity contribution in [3.05, 3.63) is 34.4 Å². The number of nitrogens with two attached hydrogens (primary N) is 2. The summed E-state index contributed by atoms with van der Waals surface area (Å²) in [5, 5.41) is 1.05. The largest absolute Gasteiger partial charge is 0.320 e. The van der Waals surface area contributed by atoms with Crippen LogP contribution in [-0.2, 0) is 11.2 Å². The van der Waals surface area contributed by atoms with E-state index >= 15 is 0 Å². The average Bonchev–Trinajstić information content (AvgIpc) is 2.21. The van der Waals surface area contributed by atoms with E-state index in [1.807, 2.05) is 13.8 Å². The lowest BCUT2D eigenvalue weighted by Crippen LogP contribution is -2.46. The summed E-state index contributed by atoms with van der Waals surface area (Å²) in [6.45, 7) is 6.14. The molecule has 0 radical (unpaired) electrons. The number of hydrazine groups is 1. The zero-order valence-corrected chi connectivity index (χ0v) is 10.9. The van der Waals surface area contributed by atoms with Gasteiger partial charge in [-0.25, -0.2) is 5.84 Å². The Morgan fingerprint density at radius 3 is 2.18 bits per heavy atom. The van der Waals surface area contributed by atoms with Crippen molar-refractivity contribution in [3.63, 3.8) is 0 Å². The molecule has 0 aromatic heterocycles. The van der Waals surface area contributed by atoms with Crippen molar-refractivity contribution in [2.24, 2.45) is 11.6 Å². The van der Waals surface area contributed by atoms with Crippen LogP contribution in [0, 0.1) is 20.8 Å². The van der Waals surface area contributed by atoms with Gasteiger partial charge in [0.25, 0.3) is 5.91 Å². The van der Waals surface area contributed by atoms with Crippen molar-refractivity contribution >= 4 is 5.91 Å². The second kappa shape index (κ2) is 5.29. The maximum atomic E-state index is 11.6. The van der Waals surface area contributed by atoms with Gasteiger partial charge in [0, 0.05) is 7.05 Å². The van der Waals surface area contributed by atoms with E-state index in [9.17, 15) is 4.79 Å². The normalized spacial score (nSPS) is 12.4. The molecule has 0 aliphatic carbocycles. The van der Waals surface area contributed by atoms with Gasteiger partial charge in [-0.3, -0.25) is 9.80 Å². The molecule has 4 N–H and O–H groups in total. The van der Waals surface area contributed by atoms with E-state index in [2.05, 4.69) is 19.1 Å². The Morgan fingerprint density at radius 2 is 1.76 bits per heavy atom. The summed E-state index contributed by atoms with van der Waals surface area (Å²) in [6.07, 6.45) is 0.526. The monoisotopic (exact) mass is 235 g/mol. The number of carbonyl (C=O) groups excluding carboxylic acids is 1. The summed E-state index contributed by atoms with van der Waals surface area (Å²) >= 11 is 0. The van der Waals surface area contributed by atoms with Crippen molar-refractivity contribution in [3.8, 4) is 0 Å². The highest BCUT2D eigenvalue weighted by Crippen LogP contribution is 2.17. The van der Waals surface area contributed by atoms with Crippen LogP contribution < -0.4 is 11.6 Å². The van der Waals surface area contributed by atoms with Gasteiger partial charge in [-0.15, -0.1) is 0 Å². The van der Waals surface area contributed by atoms with Gasteiger partial charge in [0.15, 0.2) is 0 Å². The van der Waals surface area contributed by atoms with Crippen molar-refractivity contribution in [1.82, 2.24) is 5.01 Å². The smallest absolute Gasteiger partial charge is 0.253 e. The number of likely N-dealkylation sites (N-methyl/N-ethyl adjacent to an activating group) is 1. The van der Waals surface area contributed by atoms with E-state index in [1.165, 1.54) is 23.7 Å². The summed E-state index contributed by atoms with van der Waals surface area (Å²) in [6, 6.07) is 3.63. The summed E-state index contributed by atoms with van der Waals surface area (Å²) < 4.78 is 0. The summed E-state index contributed by atoms with van der Waals surface area (Å²) in [7, 11) is 1.51. The van der Waals surface area contributed by atoms with Crippen LogP contribution in [0.1, 0.15) is 22.3 Å². The summed E-state index contributed by atoms with van der Waals surface area (Å²) in [5.41, 5.74) is 10.6. The quantitative estimate of drug-likeness (QED) is 0.463. The number of benzene rings is 1. The molecule has 1 atom stereocenters. The van der Waals surface area contributed by atoms with Gasteiger partial charge in [0.1, 0.15) is 0 Å². The first kappa shape index (κ1) is 13.7. The minimum absolute atomic E-state index is 0.246. The molecule has 1 aromatic rings. The third-order valence-corrected chi connectivity index (χ3v) is 2.93. The molecule has 0 heterocycles. The van der Waals surface area contributed by atoms with Gasteiger partial charge >= 0.3 is 0 Å². The van der Waals surface area contributed by atoms with Crippen LogP contribution in [0.15, 0.2) is 12.1 Å². The molecule has 0 saturated heterocycles. The Labute approximate surface area is 103 Å². The third-order valence-electron chi connectivity index (χ3n) is 2.93. The first-order valence-electron chi connectivity index (χ1n) is 5.67. The fourth-order valence-electron chi connectivity index (χ4n) is 2.10. The summed E-state index contributed by atoms with van der Waals surface area (Å²) in [4.78, 5) is 11.6. The van der Waals surface area contributed by atoms with E-state index in [0.717, 1.165) is 10.6 Å². The highest BCUT2D eigenvalue weighted by Gasteiger charge is 2.18. The van der Waals surface area contributed by atoms with Crippen molar-refractivity contribution in [2.45, 2.75) is 33.2 Å². The molecule has 1 unspecified atom stereocenters. The molecule has 0 aliphatic heterocycles. The second-order valence-electron chi connectivity index (χ2n) is 4.64. The molecule has 0 fully saturated rings. The Balaban J connectivity index is 2.92. The molecular weight excluding hydrogens is 214 g/mol. The maximum absolute atomic E-state index is 11.6. The van der Waals surface area contributed by atoms with Crippen LogP contribution >= 0.6 is 0 Å². The molecular formula is C13H21N3O. The number of aryl methyl sites for hydroxylation is 3. The van der Waals surface area contributed by atoms with Crippen LogP contribution in [-0.4, -0.2) is 24.0 Å². The lowest BCUT2D eigenvalue weighted by atomic mass is 9.94. The van der Waals surface area contributed by atoms with Crippen LogP contribution in [0.5, 0.6) is 0 Å². The first-order valence-corrected chi connectivity index (χ1v) is 5.67. The van der Waals surface area contributed by atoms with Gasteiger partial charge in [-0.05, 0) is 43.9 Å². The van der Waals surface area contributed by atoms with Crippen molar-refractivity contribution in [2.75, 3.05) is 7.05 Å². The Kier molecular flexibility index (Phi) is 4.26. The predicted molar refractivity (Wildman–Crippen MR) is 69.3 cm³/mol. The first-order chi connectivity index (χ1) is 7.82. The number of carbonyl (C=O) groups is 1. The molecule has 17 heavy (non-hydrogen) atoms. The van der Waals surface area contributed by atoms with Crippen molar-refractivity contribution < 1.29 is 4.79 Å². The Bertz CT molecular complexity index is 404. The van der Waals surface area contributed by atoms with Gasteiger partial charge in [-0.1, -0.05) is 17.7 Å². The van der Waals surface area contributed by atoms with E-state index in [0.29, 0.717) is 6.42 Å². The molecule has 1 aromatic carbocycles. The van der Waals surface area contributed by atoms with Crippen LogP contribution in [0.25, 0.3) is 0 Å². The van der Waals surface area contributed by atoms with E-state index in [-0.39, 0.29) is 5.91 Å². The third kappa shape index (κ3) is 3.28. The maximum Gasteiger partial charge on any atom is 0.253 e. The average molecular weight is 235 g/mol. The van der Waals surface area contributed by atoms with E-state index in [4.69, 9.17) is 11.6 Å². The minimum atomic E-state index is -0.579. The van der Waals surface area contributed by atoms with Crippen LogP contribution in [0.2, 0.25) is 0 Å². The highest BCUT2D eigenvalue weighted by molar-refractivity contribution is 5.81. The zero-order chi connectivity index (χ0) is 13.2. The number of hydrogen-bond donors (Lipinski definition) is 2. The molecule has 4 heteroatoms. The molecule has 1 amide bonds. The molecule has 0 saturated carbocycles. The lowest BCUT2D eigenvalue weighted by Gasteiger charge is -2.18. The molecule has 94 valence electrons. The fourth-order valence-corrected chi connectivity index (χ4v) is 2.10. The topological polar surface area (TPSA) is 72.4 Å². The minimum Gasteiger partial charge on any atom is -0.320 e. The number of rotatable bonds is 3. The second-order valence-corrected chi connectivity index (χ2v) is 4.64.